The number of anilines is 1. The lowest BCUT2D eigenvalue weighted by molar-refractivity contribution is 0.0761. The first-order valence-corrected chi connectivity index (χ1v) is 10.0. The van der Waals surface area contributed by atoms with Gasteiger partial charge in [-0.05, 0) is 67.9 Å². The number of nitrogens with one attached hydrogen (secondary N) is 2. The number of aryl methyl sites for hydroxylation is 1. The average Bonchev–Trinajstić information content (AvgIpc) is 2.97. The van der Waals surface area contributed by atoms with Crippen molar-refractivity contribution < 1.29 is 9.59 Å². The summed E-state index contributed by atoms with van der Waals surface area (Å²) in [5.74, 6) is -0.174. The molecule has 5 nitrogen and oxygen atoms in total. The average molecular weight is 396 g/mol. The van der Waals surface area contributed by atoms with E-state index < -0.39 is 0 Å². The molecule has 2 amide bonds. The van der Waals surface area contributed by atoms with Crippen LogP contribution in [0.15, 0.2) is 48.5 Å². The highest BCUT2D eigenvalue weighted by Gasteiger charge is 2.17. The van der Waals surface area contributed by atoms with Crippen molar-refractivity contribution >= 4 is 34.8 Å². The highest BCUT2D eigenvalue weighted by Crippen LogP contribution is 2.16. The van der Waals surface area contributed by atoms with Gasteiger partial charge in [0.05, 0.1) is 0 Å². The topological polar surface area (TPSA) is 61.4 Å². The summed E-state index contributed by atoms with van der Waals surface area (Å²) in [4.78, 5) is 26.9. The lowest BCUT2D eigenvalue weighted by Gasteiger charge is -2.20. The number of hydrogen-bond donors (Lipinski definition) is 2. The Kier molecular flexibility index (Phi) is 6.76. The highest BCUT2D eigenvalue weighted by atomic mass is 32.1. The van der Waals surface area contributed by atoms with Gasteiger partial charge in [-0.3, -0.25) is 14.9 Å². The van der Waals surface area contributed by atoms with E-state index in [1.807, 2.05) is 30.0 Å². The molecule has 0 spiro atoms. The van der Waals surface area contributed by atoms with Crippen LogP contribution in [0.3, 0.4) is 0 Å². The van der Waals surface area contributed by atoms with Crippen molar-refractivity contribution in [3.63, 3.8) is 0 Å². The summed E-state index contributed by atoms with van der Waals surface area (Å²) in [5, 5.41) is 5.90. The van der Waals surface area contributed by atoms with Crippen molar-refractivity contribution in [3.05, 3.63) is 65.2 Å². The van der Waals surface area contributed by atoms with Gasteiger partial charge >= 0.3 is 0 Å². The Hall–Kier alpha value is -2.73. The first-order chi connectivity index (χ1) is 13.5. The van der Waals surface area contributed by atoms with Crippen LogP contribution in [0.2, 0.25) is 0 Å². The summed E-state index contributed by atoms with van der Waals surface area (Å²) < 4.78 is 0. The molecule has 1 heterocycles. The van der Waals surface area contributed by atoms with Crippen molar-refractivity contribution in [1.82, 2.24) is 10.2 Å². The maximum absolute atomic E-state index is 12.6. The highest BCUT2D eigenvalue weighted by molar-refractivity contribution is 7.80. The molecule has 1 fully saturated rings. The molecule has 0 saturated carbocycles. The molecule has 0 bridgehead atoms. The van der Waals surface area contributed by atoms with Crippen LogP contribution in [0.1, 0.15) is 52.0 Å². The molecule has 1 saturated heterocycles. The molecule has 2 aromatic rings. The van der Waals surface area contributed by atoms with Crippen LogP contribution in [0.4, 0.5) is 5.69 Å². The zero-order valence-electron chi connectivity index (χ0n) is 16.0. The standard InChI is InChI=1S/C22H25N3O2S/c1-16-8-4-5-9-19(16)20(26)24-22(28)23-18-12-10-17(11-13-18)21(27)25-14-6-2-3-7-15-25/h4-5,8-13H,2-3,6-7,14-15H2,1H3,(H2,23,24,26,28). The van der Waals surface area contributed by atoms with E-state index in [2.05, 4.69) is 10.6 Å². The molecule has 1 aliphatic rings. The van der Waals surface area contributed by atoms with Gasteiger partial charge in [0.1, 0.15) is 0 Å². The Morgan fingerprint density at radius 3 is 2.21 bits per heavy atom. The van der Waals surface area contributed by atoms with Gasteiger partial charge in [0.15, 0.2) is 5.11 Å². The van der Waals surface area contributed by atoms with Gasteiger partial charge in [-0.25, -0.2) is 0 Å². The zero-order valence-corrected chi connectivity index (χ0v) is 16.8. The number of amides is 2. The molecule has 28 heavy (non-hydrogen) atoms. The molecule has 0 radical (unpaired) electrons. The summed E-state index contributed by atoms with van der Waals surface area (Å²) in [6, 6.07) is 14.5. The molecule has 146 valence electrons. The van der Waals surface area contributed by atoms with Gasteiger partial charge in [0, 0.05) is 29.9 Å². The third kappa shape index (κ3) is 5.16. The van der Waals surface area contributed by atoms with Gasteiger partial charge in [0.25, 0.3) is 11.8 Å². The molecule has 3 rings (SSSR count). The van der Waals surface area contributed by atoms with Gasteiger partial charge in [0.2, 0.25) is 0 Å². The molecular formula is C22H25N3O2S. The Morgan fingerprint density at radius 1 is 0.929 bits per heavy atom. The Labute approximate surface area is 171 Å². The van der Waals surface area contributed by atoms with E-state index >= 15 is 0 Å². The van der Waals surface area contributed by atoms with Crippen molar-refractivity contribution in [3.8, 4) is 0 Å². The maximum atomic E-state index is 12.6. The Morgan fingerprint density at radius 2 is 1.57 bits per heavy atom. The minimum Gasteiger partial charge on any atom is -0.339 e. The molecule has 2 aromatic carbocycles. The minimum absolute atomic E-state index is 0.0730. The van der Waals surface area contributed by atoms with Gasteiger partial charge in [-0.1, -0.05) is 31.0 Å². The van der Waals surface area contributed by atoms with E-state index in [4.69, 9.17) is 12.2 Å². The van der Waals surface area contributed by atoms with Crippen molar-refractivity contribution in [2.45, 2.75) is 32.6 Å². The second-order valence-electron chi connectivity index (χ2n) is 7.01. The predicted octanol–water partition coefficient (Wildman–Crippen LogP) is 4.14. The molecule has 0 aromatic heterocycles. The maximum Gasteiger partial charge on any atom is 0.257 e. The number of nitrogens with zero attached hydrogens (tertiary/aromatic N) is 1. The van der Waals surface area contributed by atoms with E-state index in [1.54, 1.807) is 30.3 Å². The van der Waals surface area contributed by atoms with Crippen LogP contribution < -0.4 is 10.6 Å². The molecular weight excluding hydrogens is 370 g/mol. The summed E-state index contributed by atoms with van der Waals surface area (Å²) >= 11 is 5.24. The Bertz CT molecular complexity index is 856. The predicted molar refractivity (Wildman–Crippen MR) is 116 cm³/mol. The smallest absolute Gasteiger partial charge is 0.257 e. The number of likely N-dealkylation sites (tertiary alicyclic amines) is 1. The lowest BCUT2D eigenvalue weighted by atomic mass is 10.1. The number of rotatable bonds is 3. The fraction of sp³-hybridized carbons (Fsp3) is 0.318. The van der Waals surface area contributed by atoms with E-state index in [0.717, 1.165) is 37.2 Å². The van der Waals surface area contributed by atoms with Crippen LogP contribution in [0, 0.1) is 6.92 Å². The van der Waals surface area contributed by atoms with Crippen molar-refractivity contribution in [1.29, 1.82) is 0 Å². The fourth-order valence-electron chi connectivity index (χ4n) is 3.31. The molecule has 0 aliphatic carbocycles. The molecule has 0 atom stereocenters. The molecule has 6 heteroatoms. The minimum atomic E-state index is -0.247. The van der Waals surface area contributed by atoms with E-state index in [1.165, 1.54) is 12.8 Å². The van der Waals surface area contributed by atoms with Crippen molar-refractivity contribution in [2.24, 2.45) is 0 Å². The van der Waals surface area contributed by atoms with E-state index in [-0.39, 0.29) is 16.9 Å². The number of thiocarbonyl (C=S) groups is 1. The lowest BCUT2D eigenvalue weighted by Crippen LogP contribution is -2.34. The molecule has 1 aliphatic heterocycles. The summed E-state index contributed by atoms with van der Waals surface area (Å²) in [5.41, 5.74) is 2.87. The SMILES string of the molecule is Cc1ccccc1C(=O)NC(=S)Nc1ccc(C(=O)N2CCCCCC2)cc1. The van der Waals surface area contributed by atoms with Crippen LogP contribution >= 0.6 is 12.2 Å². The van der Waals surface area contributed by atoms with Crippen molar-refractivity contribution in [2.75, 3.05) is 18.4 Å². The summed E-state index contributed by atoms with van der Waals surface area (Å²) in [6.07, 6.45) is 4.52. The normalized spacial score (nSPS) is 14.1. The molecule has 2 N–H and O–H groups in total. The first-order valence-electron chi connectivity index (χ1n) is 9.62. The second kappa shape index (κ2) is 9.46. The number of carbonyl (C=O) groups is 2. The summed E-state index contributed by atoms with van der Waals surface area (Å²) in [7, 11) is 0. The van der Waals surface area contributed by atoms with Crippen LogP contribution in [0.25, 0.3) is 0 Å². The number of hydrogen-bond acceptors (Lipinski definition) is 3. The van der Waals surface area contributed by atoms with Crippen LogP contribution in [-0.4, -0.2) is 34.9 Å². The van der Waals surface area contributed by atoms with Gasteiger partial charge in [-0.15, -0.1) is 0 Å². The van der Waals surface area contributed by atoms with E-state index in [9.17, 15) is 9.59 Å². The van der Waals surface area contributed by atoms with Crippen LogP contribution in [0.5, 0.6) is 0 Å². The monoisotopic (exact) mass is 395 g/mol. The third-order valence-corrected chi connectivity index (χ3v) is 5.10. The number of benzene rings is 2. The largest absolute Gasteiger partial charge is 0.339 e. The Balaban J connectivity index is 1.57. The third-order valence-electron chi connectivity index (χ3n) is 4.90. The van der Waals surface area contributed by atoms with Gasteiger partial charge in [-0.2, -0.15) is 0 Å². The molecule has 0 unspecified atom stereocenters. The van der Waals surface area contributed by atoms with Crippen LogP contribution in [-0.2, 0) is 0 Å². The second-order valence-corrected chi connectivity index (χ2v) is 7.42. The quantitative estimate of drug-likeness (QED) is 0.767. The summed E-state index contributed by atoms with van der Waals surface area (Å²) in [6.45, 7) is 3.53. The fourth-order valence-corrected chi connectivity index (χ4v) is 3.52. The van der Waals surface area contributed by atoms with E-state index in [0.29, 0.717) is 11.1 Å². The number of carbonyl (C=O) groups excluding carboxylic acids is 2. The zero-order chi connectivity index (χ0) is 19.9. The first kappa shape index (κ1) is 20.0. The van der Waals surface area contributed by atoms with Gasteiger partial charge < -0.3 is 10.2 Å².